The first-order valence-corrected chi connectivity index (χ1v) is 8.03. The SMILES string of the molecule is CS/C(C)=N/OC(=O)NSNC(=O)O/N=C(\C)SC. The van der Waals surface area contributed by atoms with E-state index in [4.69, 9.17) is 0 Å². The number of hydrogen-bond acceptors (Lipinski definition) is 9. The molecule has 0 rings (SSSR count). The van der Waals surface area contributed by atoms with Crippen LogP contribution in [0.4, 0.5) is 9.59 Å². The maximum Gasteiger partial charge on any atom is 0.444 e. The van der Waals surface area contributed by atoms with Crippen molar-refractivity contribution in [3.05, 3.63) is 0 Å². The molecule has 0 atom stereocenters. The largest absolute Gasteiger partial charge is 0.444 e. The molecule has 0 saturated carbocycles. The van der Waals surface area contributed by atoms with Crippen molar-refractivity contribution in [3.8, 4) is 0 Å². The number of hydrogen-bond donors (Lipinski definition) is 2. The lowest BCUT2D eigenvalue weighted by molar-refractivity contribution is 0.157. The summed E-state index contributed by atoms with van der Waals surface area (Å²) in [7, 11) is 0. The molecular formula is C8H14N4O4S3. The van der Waals surface area contributed by atoms with Gasteiger partial charge < -0.3 is 0 Å². The van der Waals surface area contributed by atoms with Gasteiger partial charge in [0.05, 0.1) is 12.1 Å². The van der Waals surface area contributed by atoms with Crippen molar-refractivity contribution in [2.75, 3.05) is 12.5 Å². The predicted octanol–water partition coefficient (Wildman–Crippen LogP) is 2.39. The average molecular weight is 326 g/mol. The molecule has 0 unspecified atom stereocenters. The lowest BCUT2D eigenvalue weighted by atomic mass is 10.9. The zero-order valence-corrected chi connectivity index (χ0v) is 13.2. The van der Waals surface area contributed by atoms with Crippen molar-refractivity contribution < 1.29 is 19.3 Å². The first-order chi connectivity index (χ1) is 8.99. The molecule has 0 saturated heterocycles. The highest BCUT2D eigenvalue weighted by molar-refractivity contribution is 8.13. The van der Waals surface area contributed by atoms with Gasteiger partial charge in [-0.15, -0.1) is 23.5 Å². The Morgan fingerprint density at radius 1 is 0.895 bits per heavy atom. The minimum atomic E-state index is -0.817. The fourth-order valence-corrected chi connectivity index (χ4v) is 0.948. The summed E-state index contributed by atoms with van der Waals surface area (Å²) in [6, 6.07) is 0. The number of rotatable bonds is 4. The number of amides is 2. The third-order valence-corrected chi connectivity index (χ3v) is 3.24. The quantitative estimate of drug-likeness (QED) is 0.269. The summed E-state index contributed by atoms with van der Waals surface area (Å²) in [5.74, 6) is 0. The second-order valence-electron chi connectivity index (χ2n) is 2.69. The van der Waals surface area contributed by atoms with E-state index < -0.39 is 12.2 Å². The van der Waals surface area contributed by atoms with Gasteiger partial charge in [0.25, 0.3) is 0 Å². The van der Waals surface area contributed by atoms with Gasteiger partial charge in [0.1, 0.15) is 10.1 Å². The van der Waals surface area contributed by atoms with E-state index in [-0.39, 0.29) is 0 Å². The topological polar surface area (TPSA) is 101 Å². The summed E-state index contributed by atoms with van der Waals surface area (Å²) in [5, 5.41) is 8.18. The standard InChI is InChI=1S/C8H14N4O4S3/c1-5(17-3)9-15-7(13)11-19-12-8(14)16-10-6(2)18-4/h1-4H3,(H,11,13)(H,12,14)/b9-5+,10-6+. The van der Waals surface area contributed by atoms with E-state index in [0.717, 1.165) is 0 Å². The van der Waals surface area contributed by atoms with Crippen LogP contribution in [0.3, 0.4) is 0 Å². The van der Waals surface area contributed by atoms with Crippen LogP contribution in [-0.4, -0.2) is 34.8 Å². The number of thioether (sulfide) groups is 2. The van der Waals surface area contributed by atoms with E-state index in [2.05, 4.69) is 29.4 Å². The Labute approximate surface area is 123 Å². The van der Waals surface area contributed by atoms with E-state index in [9.17, 15) is 9.59 Å². The first kappa shape index (κ1) is 17.9. The van der Waals surface area contributed by atoms with Crippen LogP contribution in [0.15, 0.2) is 10.3 Å². The van der Waals surface area contributed by atoms with Gasteiger partial charge in [-0.05, 0) is 26.4 Å². The van der Waals surface area contributed by atoms with Crippen LogP contribution in [0.25, 0.3) is 0 Å². The number of carbonyl (C=O) groups is 2. The summed E-state index contributed by atoms with van der Waals surface area (Å²) >= 11 is 3.26. The molecule has 11 heteroatoms. The normalized spacial score (nSPS) is 11.8. The van der Waals surface area contributed by atoms with Crippen LogP contribution >= 0.6 is 35.7 Å². The molecule has 0 heterocycles. The number of nitrogens with one attached hydrogen (secondary N) is 2. The number of carbonyl (C=O) groups excluding carboxylic acids is 2. The van der Waals surface area contributed by atoms with Gasteiger partial charge in [-0.25, -0.2) is 19.0 Å². The fraction of sp³-hybridized carbons (Fsp3) is 0.500. The maximum atomic E-state index is 11.1. The molecule has 108 valence electrons. The predicted molar refractivity (Wildman–Crippen MR) is 80.1 cm³/mol. The lowest BCUT2D eigenvalue weighted by Gasteiger charge is -2.02. The van der Waals surface area contributed by atoms with Crippen molar-refractivity contribution in [1.29, 1.82) is 0 Å². The Kier molecular flexibility index (Phi) is 10.2. The van der Waals surface area contributed by atoms with Gasteiger partial charge in [0.15, 0.2) is 0 Å². The molecule has 0 aliphatic carbocycles. The van der Waals surface area contributed by atoms with Gasteiger partial charge in [-0.1, -0.05) is 10.3 Å². The molecule has 8 nitrogen and oxygen atoms in total. The van der Waals surface area contributed by atoms with E-state index in [1.807, 2.05) is 0 Å². The second kappa shape index (κ2) is 10.8. The zero-order valence-electron chi connectivity index (χ0n) is 10.8. The summed E-state index contributed by atoms with van der Waals surface area (Å²) < 4.78 is 4.34. The number of oxime groups is 2. The third kappa shape index (κ3) is 10.5. The zero-order chi connectivity index (χ0) is 14.7. The second-order valence-corrected chi connectivity index (χ2v) is 5.30. The maximum absolute atomic E-state index is 11.1. The first-order valence-electron chi connectivity index (χ1n) is 4.76. The fourth-order valence-electron chi connectivity index (χ4n) is 0.432. The van der Waals surface area contributed by atoms with Crippen LogP contribution in [0.2, 0.25) is 0 Å². The Morgan fingerprint density at radius 3 is 1.58 bits per heavy atom. The summed E-state index contributed by atoms with van der Waals surface area (Å²) in [4.78, 5) is 31.1. The highest BCUT2D eigenvalue weighted by atomic mass is 32.2. The van der Waals surface area contributed by atoms with Crippen LogP contribution in [-0.2, 0) is 9.68 Å². The molecule has 0 aromatic rings. The van der Waals surface area contributed by atoms with E-state index in [1.54, 1.807) is 26.4 Å². The minimum Gasteiger partial charge on any atom is -0.297 e. The molecule has 2 N–H and O–H groups in total. The Balaban J connectivity index is 3.79. The van der Waals surface area contributed by atoms with Gasteiger partial charge >= 0.3 is 12.2 Å². The Morgan fingerprint density at radius 2 is 1.26 bits per heavy atom. The molecule has 0 fully saturated rings. The summed E-state index contributed by atoms with van der Waals surface area (Å²) in [6.07, 6.45) is 1.96. The summed E-state index contributed by atoms with van der Waals surface area (Å²) in [5.41, 5.74) is 0. The van der Waals surface area contributed by atoms with Crippen LogP contribution in [0, 0.1) is 0 Å². The highest BCUT2D eigenvalue weighted by Gasteiger charge is 2.05. The van der Waals surface area contributed by atoms with Gasteiger partial charge in [0, 0.05) is 0 Å². The lowest BCUT2D eigenvalue weighted by Crippen LogP contribution is -2.24. The smallest absolute Gasteiger partial charge is 0.297 e. The molecule has 0 aromatic heterocycles. The van der Waals surface area contributed by atoms with Gasteiger partial charge in [-0.2, -0.15) is 0 Å². The van der Waals surface area contributed by atoms with E-state index in [1.165, 1.54) is 23.5 Å². The van der Waals surface area contributed by atoms with Crippen LogP contribution in [0.5, 0.6) is 0 Å². The van der Waals surface area contributed by atoms with Crippen molar-refractivity contribution in [2.24, 2.45) is 10.3 Å². The molecule has 2 amide bonds. The summed E-state index contributed by atoms with van der Waals surface area (Å²) in [6.45, 7) is 3.37. The van der Waals surface area contributed by atoms with Crippen LogP contribution in [0.1, 0.15) is 13.8 Å². The van der Waals surface area contributed by atoms with Gasteiger partial charge in [0.2, 0.25) is 0 Å². The van der Waals surface area contributed by atoms with Gasteiger partial charge in [-0.3, -0.25) is 9.68 Å². The molecular weight excluding hydrogens is 312 g/mol. The molecule has 0 spiro atoms. The van der Waals surface area contributed by atoms with Crippen molar-refractivity contribution >= 4 is 57.9 Å². The molecule has 0 aliphatic rings. The third-order valence-electron chi connectivity index (χ3n) is 1.37. The van der Waals surface area contributed by atoms with Crippen molar-refractivity contribution in [1.82, 2.24) is 9.44 Å². The molecule has 0 radical (unpaired) electrons. The highest BCUT2D eigenvalue weighted by Crippen LogP contribution is 1.99. The van der Waals surface area contributed by atoms with Crippen molar-refractivity contribution in [2.45, 2.75) is 13.8 Å². The molecule has 0 aromatic carbocycles. The van der Waals surface area contributed by atoms with E-state index in [0.29, 0.717) is 22.2 Å². The number of nitrogens with zero attached hydrogens (tertiary/aromatic N) is 2. The monoisotopic (exact) mass is 326 g/mol. The van der Waals surface area contributed by atoms with E-state index >= 15 is 0 Å². The molecule has 0 bridgehead atoms. The Hall–Kier alpha value is -1.07. The average Bonchev–Trinajstić information content (AvgIpc) is 2.41. The Bertz CT molecular complexity index is 341. The molecule has 0 aliphatic heterocycles. The van der Waals surface area contributed by atoms with Crippen molar-refractivity contribution in [3.63, 3.8) is 0 Å². The van der Waals surface area contributed by atoms with Crippen LogP contribution < -0.4 is 9.44 Å². The molecule has 19 heavy (non-hydrogen) atoms. The minimum absolute atomic E-state index is 0.587.